The van der Waals surface area contributed by atoms with Gasteiger partial charge in [-0.3, -0.25) is 4.79 Å². The Bertz CT molecular complexity index is 756. The maximum Gasteiger partial charge on any atom is 0.422 e. The Morgan fingerprint density at radius 3 is 2.77 bits per heavy atom. The van der Waals surface area contributed by atoms with Crippen LogP contribution < -0.4 is 4.74 Å². The molecular formula is C18H19F3N2O3. The summed E-state index contributed by atoms with van der Waals surface area (Å²) in [5, 5.41) is 0. The van der Waals surface area contributed by atoms with E-state index < -0.39 is 12.8 Å². The van der Waals surface area contributed by atoms with Crippen molar-refractivity contribution >= 4 is 5.91 Å². The molecule has 5 nitrogen and oxygen atoms in total. The number of aryl methyl sites for hydroxylation is 1. The Morgan fingerprint density at radius 1 is 1.38 bits per heavy atom. The summed E-state index contributed by atoms with van der Waals surface area (Å²) in [7, 11) is 0. The highest BCUT2D eigenvalue weighted by atomic mass is 19.4. The van der Waals surface area contributed by atoms with Gasteiger partial charge in [0.15, 0.2) is 12.5 Å². The van der Waals surface area contributed by atoms with Crippen molar-refractivity contribution in [2.24, 2.45) is 0 Å². The number of halogens is 3. The highest BCUT2D eigenvalue weighted by molar-refractivity contribution is 5.86. The lowest BCUT2D eigenvalue weighted by Crippen LogP contribution is -2.28. The first kappa shape index (κ1) is 19.6. The topological polar surface area (TPSA) is 55.6 Å². The van der Waals surface area contributed by atoms with Gasteiger partial charge in [-0.15, -0.1) is 0 Å². The molecule has 26 heavy (non-hydrogen) atoms. The van der Waals surface area contributed by atoms with Crippen LogP contribution in [0.15, 0.2) is 47.5 Å². The average molecular weight is 368 g/mol. The fourth-order valence-corrected chi connectivity index (χ4v) is 2.23. The van der Waals surface area contributed by atoms with Crippen molar-refractivity contribution in [1.29, 1.82) is 0 Å². The van der Waals surface area contributed by atoms with Gasteiger partial charge in [-0.05, 0) is 23.8 Å². The molecule has 2 aromatic rings. The lowest BCUT2D eigenvalue weighted by Gasteiger charge is -2.20. The number of aromatic nitrogens is 1. The lowest BCUT2D eigenvalue weighted by atomic mass is 10.2. The molecule has 2 rings (SSSR count). The van der Waals surface area contributed by atoms with E-state index in [1.807, 2.05) is 6.92 Å². The van der Waals surface area contributed by atoms with Crippen molar-refractivity contribution in [1.82, 2.24) is 9.88 Å². The molecule has 0 bridgehead atoms. The van der Waals surface area contributed by atoms with Gasteiger partial charge < -0.3 is 14.1 Å². The Labute approximate surface area is 149 Å². The minimum absolute atomic E-state index is 0.0822. The molecule has 0 aliphatic carbocycles. The summed E-state index contributed by atoms with van der Waals surface area (Å²) in [6.07, 6.45) is -1.07. The van der Waals surface area contributed by atoms with E-state index in [-0.39, 0.29) is 24.7 Å². The Hall–Kier alpha value is -2.77. The van der Waals surface area contributed by atoms with Gasteiger partial charge in [-0.2, -0.15) is 13.2 Å². The molecule has 0 atom stereocenters. The number of nitrogens with zero attached hydrogens (tertiary/aromatic N) is 2. The molecule has 0 N–H and O–H groups in total. The van der Waals surface area contributed by atoms with E-state index in [0.717, 1.165) is 0 Å². The van der Waals surface area contributed by atoms with E-state index in [9.17, 15) is 18.0 Å². The monoisotopic (exact) mass is 368 g/mol. The van der Waals surface area contributed by atoms with Crippen LogP contribution in [0, 0.1) is 0 Å². The van der Waals surface area contributed by atoms with Crippen molar-refractivity contribution in [2.45, 2.75) is 32.6 Å². The summed E-state index contributed by atoms with van der Waals surface area (Å²) in [6.45, 7) is 4.33. The van der Waals surface area contributed by atoms with Crippen LogP contribution in [0.1, 0.15) is 24.1 Å². The summed E-state index contributed by atoms with van der Waals surface area (Å²) < 4.78 is 47.1. The second-order valence-electron chi connectivity index (χ2n) is 5.52. The van der Waals surface area contributed by atoms with E-state index in [0.29, 0.717) is 23.6 Å². The second-order valence-corrected chi connectivity index (χ2v) is 5.52. The SMILES string of the molecule is C=CC(=O)N(Cc1cccc(OCC(F)(F)F)c1)Cc1cnc(CC)o1. The highest BCUT2D eigenvalue weighted by Crippen LogP contribution is 2.21. The maximum atomic E-state index is 12.3. The number of rotatable bonds is 8. The van der Waals surface area contributed by atoms with Crippen molar-refractivity contribution < 1.29 is 27.1 Å². The van der Waals surface area contributed by atoms with Gasteiger partial charge in [0.1, 0.15) is 11.5 Å². The first-order chi connectivity index (χ1) is 12.3. The Balaban J connectivity index is 2.10. The maximum absolute atomic E-state index is 12.3. The summed E-state index contributed by atoms with van der Waals surface area (Å²) in [6, 6.07) is 6.16. The molecule has 0 unspecified atom stereocenters. The molecule has 1 aromatic heterocycles. The number of benzene rings is 1. The number of carbonyl (C=O) groups excluding carboxylic acids is 1. The predicted molar refractivity (Wildman–Crippen MR) is 88.3 cm³/mol. The van der Waals surface area contributed by atoms with Crippen LogP contribution in [0.2, 0.25) is 0 Å². The third-order valence-corrected chi connectivity index (χ3v) is 3.41. The molecule has 1 heterocycles. The zero-order chi connectivity index (χ0) is 19.2. The molecule has 0 aliphatic rings. The molecule has 0 fully saturated rings. The third-order valence-electron chi connectivity index (χ3n) is 3.41. The lowest BCUT2D eigenvalue weighted by molar-refractivity contribution is -0.153. The van der Waals surface area contributed by atoms with Crippen LogP contribution >= 0.6 is 0 Å². The summed E-state index contributed by atoms with van der Waals surface area (Å²) >= 11 is 0. The van der Waals surface area contributed by atoms with Crippen molar-refractivity contribution in [3.05, 3.63) is 60.3 Å². The normalized spacial score (nSPS) is 11.2. The van der Waals surface area contributed by atoms with Crippen LogP contribution in [-0.2, 0) is 24.3 Å². The molecule has 1 amide bonds. The molecular weight excluding hydrogens is 349 g/mol. The van der Waals surface area contributed by atoms with Gasteiger partial charge in [0.05, 0.1) is 12.7 Å². The van der Waals surface area contributed by atoms with Gasteiger partial charge in [0, 0.05) is 13.0 Å². The fourth-order valence-electron chi connectivity index (χ4n) is 2.23. The molecule has 0 saturated carbocycles. The standard InChI is InChI=1S/C18H19F3N2O3/c1-3-16-22-9-15(26-16)11-23(17(24)4-2)10-13-6-5-7-14(8-13)25-12-18(19,20)21/h4-9H,2-3,10-12H2,1H3. The van der Waals surface area contributed by atoms with Gasteiger partial charge in [0.25, 0.3) is 0 Å². The molecule has 0 spiro atoms. The van der Waals surface area contributed by atoms with E-state index in [4.69, 9.17) is 9.15 Å². The summed E-state index contributed by atoms with van der Waals surface area (Å²) in [5.74, 6) is 0.829. The van der Waals surface area contributed by atoms with Crippen LogP contribution in [0.5, 0.6) is 5.75 Å². The number of oxazole rings is 1. The summed E-state index contributed by atoms with van der Waals surface area (Å²) in [4.78, 5) is 17.6. The molecule has 0 aliphatic heterocycles. The molecule has 8 heteroatoms. The smallest absolute Gasteiger partial charge is 0.422 e. The highest BCUT2D eigenvalue weighted by Gasteiger charge is 2.28. The number of hydrogen-bond acceptors (Lipinski definition) is 4. The third kappa shape index (κ3) is 5.94. The quantitative estimate of drug-likeness (QED) is 0.664. The Morgan fingerprint density at radius 2 is 2.15 bits per heavy atom. The molecule has 1 aromatic carbocycles. The van der Waals surface area contributed by atoms with E-state index in [1.165, 1.54) is 23.1 Å². The minimum Gasteiger partial charge on any atom is -0.484 e. The van der Waals surface area contributed by atoms with Gasteiger partial charge in [-0.25, -0.2) is 4.98 Å². The molecule has 0 radical (unpaired) electrons. The predicted octanol–water partition coefficient (Wildman–Crippen LogP) is 3.89. The van der Waals surface area contributed by atoms with Crippen LogP contribution in [0.25, 0.3) is 0 Å². The second kappa shape index (κ2) is 8.55. The number of alkyl halides is 3. The zero-order valence-electron chi connectivity index (χ0n) is 14.3. The fraction of sp³-hybridized carbons (Fsp3) is 0.333. The van der Waals surface area contributed by atoms with Crippen molar-refractivity contribution in [3.63, 3.8) is 0 Å². The van der Waals surface area contributed by atoms with Crippen LogP contribution in [0.3, 0.4) is 0 Å². The van der Waals surface area contributed by atoms with E-state index in [1.54, 1.807) is 18.3 Å². The van der Waals surface area contributed by atoms with Crippen molar-refractivity contribution in [2.75, 3.05) is 6.61 Å². The molecule has 0 saturated heterocycles. The van der Waals surface area contributed by atoms with Gasteiger partial charge in [0.2, 0.25) is 5.91 Å². The van der Waals surface area contributed by atoms with E-state index >= 15 is 0 Å². The number of amides is 1. The number of hydrogen-bond donors (Lipinski definition) is 0. The van der Waals surface area contributed by atoms with Crippen LogP contribution in [0.4, 0.5) is 13.2 Å². The van der Waals surface area contributed by atoms with Gasteiger partial charge >= 0.3 is 6.18 Å². The Kier molecular flexibility index (Phi) is 6.43. The minimum atomic E-state index is -4.41. The number of ether oxygens (including phenoxy) is 1. The molecule has 140 valence electrons. The van der Waals surface area contributed by atoms with Gasteiger partial charge in [-0.1, -0.05) is 25.6 Å². The first-order valence-corrected chi connectivity index (χ1v) is 7.94. The van der Waals surface area contributed by atoms with Crippen molar-refractivity contribution in [3.8, 4) is 5.75 Å². The average Bonchev–Trinajstić information content (AvgIpc) is 3.06. The van der Waals surface area contributed by atoms with Crippen LogP contribution in [-0.4, -0.2) is 28.6 Å². The largest absolute Gasteiger partial charge is 0.484 e. The summed E-state index contributed by atoms with van der Waals surface area (Å²) in [5.41, 5.74) is 0.620. The zero-order valence-corrected chi connectivity index (χ0v) is 14.3. The van der Waals surface area contributed by atoms with E-state index in [2.05, 4.69) is 11.6 Å². The first-order valence-electron chi connectivity index (χ1n) is 7.94. The number of carbonyl (C=O) groups is 1.